The van der Waals surface area contributed by atoms with E-state index in [1.54, 1.807) is 6.33 Å². The maximum atomic E-state index is 6.27. The minimum atomic E-state index is 0.276. The van der Waals surface area contributed by atoms with Gasteiger partial charge in [0.25, 0.3) is 0 Å². The molecule has 0 unspecified atom stereocenters. The number of hydrogen-bond donors (Lipinski definition) is 1. The van der Waals surface area contributed by atoms with E-state index in [0.29, 0.717) is 6.54 Å². The highest BCUT2D eigenvalue weighted by Crippen LogP contribution is 2.32. The monoisotopic (exact) mass is 407 g/mol. The Balaban J connectivity index is 1.53. The summed E-state index contributed by atoms with van der Waals surface area (Å²) in [4.78, 5) is 8.85. The molecule has 5 nitrogen and oxygen atoms in total. The Morgan fingerprint density at radius 1 is 1.10 bits per heavy atom. The number of halogens is 1. The second-order valence-corrected chi connectivity index (χ2v) is 7.47. The van der Waals surface area contributed by atoms with Gasteiger partial charge in [-0.25, -0.2) is 9.97 Å². The van der Waals surface area contributed by atoms with Gasteiger partial charge in [0.15, 0.2) is 11.5 Å². The van der Waals surface area contributed by atoms with E-state index in [9.17, 15) is 0 Å². The Morgan fingerprint density at radius 2 is 1.93 bits per heavy atom. The van der Waals surface area contributed by atoms with Crippen molar-refractivity contribution in [1.82, 2.24) is 9.97 Å². The molecule has 0 aliphatic carbocycles. The third kappa shape index (κ3) is 4.20. The first-order valence-electron chi connectivity index (χ1n) is 9.40. The van der Waals surface area contributed by atoms with E-state index < -0.39 is 0 Å². The van der Waals surface area contributed by atoms with Gasteiger partial charge in [0.05, 0.1) is 5.69 Å². The van der Waals surface area contributed by atoms with Crippen molar-refractivity contribution in [2.45, 2.75) is 27.3 Å². The number of fused-ring (bicyclic) bond motifs is 1. The van der Waals surface area contributed by atoms with Crippen LogP contribution in [0.4, 0.5) is 5.82 Å². The third-order valence-corrected chi connectivity index (χ3v) is 5.41. The summed E-state index contributed by atoms with van der Waals surface area (Å²) >= 11 is 6.27. The predicted molar refractivity (Wildman–Crippen MR) is 116 cm³/mol. The SMILES string of the molecule is C/C(=C\c1ncnc(NCc2ccc3c(c2)OCO3)c1C)c1ccc(C)c(Cl)c1. The Kier molecular flexibility index (Phi) is 5.41. The zero-order valence-corrected chi connectivity index (χ0v) is 17.4. The maximum absolute atomic E-state index is 6.27. The number of hydrogen-bond acceptors (Lipinski definition) is 5. The highest BCUT2D eigenvalue weighted by molar-refractivity contribution is 6.31. The first-order valence-corrected chi connectivity index (χ1v) is 9.78. The van der Waals surface area contributed by atoms with Crippen LogP contribution in [0.1, 0.15) is 34.9 Å². The van der Waals surface area contributed by atoms with Crippen LogP contribution in [0.25, 0.3) is 11.6 Å². The molecule has 3 aromatic rings. The van der Waals surface area contributed by atoms with E-state index in [-0.39, 0.29) is 6.79 Å². The second-order valence-electron chi connectivity index (χ2n) is 7.06. The molecule has 2 aromatic carbocycles. The van der Waals surface area contributed by atoms with Crippen molar-refractivity contribution >= 4 is 29.1 Å². The van der Waals surface area contributed by atoms with E-state index in [4.69, 9.17) is 21.1 Å². The van der Waals surface area contributed by atoms with E-state index in [2.05, 4.69) is 34.4 Å². The molecule has 1 N–H and O–H groups in total. The van der Waals surface area contributed by atoms with E-state index in [0.717, 1.165) is 55.9 Å². The molecule has 0 fully saturated rings. The molecule has 4 rings (SSSR count). The average molecular weight is 408 g/mol. The highest BCUT2D eigenvalue weighted by atomic mass is 35.5. The Labute approximate surface area is 175 Å². The molecule has 0 radical (unpaired) electrons. The van der Waals surface area contributed by atoms with Gasteiger partial charge in [-0.05, 0) is 67.3 Å². The quantitative estimate of drug-likeness (QED) is 0.592. The van der Waals surface area contributed by atoms with Crippen molar-refractivity contribution in [3.63, 3.8) is 0 Å². The lowest BCUT2D eigenvalue weighted by molar-refractivity contribution is 0.174. The summed E-state index contributed by atoms with van der Waals surface area (Å²) in [6.07, 6.45) is 3.64. The zero-order chi connectivity index (χ0) is 20.4. The molecule has 0 atom stereocenters. The molecule has 1 aliphatic heterocycles. The molecule has 148 valence electrons. The number of aromatic nitrogens is 2. The zero-order valence-electron chi connectivity index (χ0n) is 16.6. The van der Waals surface area contributed by atoms with Crippen LogP contribution >= 0.6 is 11.6 Å². The van der Waals surface area contributed by atoms with Crippen LogP contribution in [0.15, 0.2) is 42.7 Å². The molecule has 0 saturated heterocycles. The molecule has 2 heterocycles. The number of nitrogens with zero attached hydrogens (tertiary/aromatic N) is 2. The molecule has 0 amide bonds. The Bertz CT molecular complexity index is 1100. The van der Waals surface area contributed by atoms with Crippen LogP contribution in [0, 0.1) is 13.8 Å². The predicted octanol–water partition coefficient (Wildman–Crippen LogP) is 5.65. The lowest BCUT2D eigenvalue weighted by Gasteiger charge is -2.11. The van der Waals surface area contributed by atoms with Crippen molar-refractivity contribution in [2.75, 3.05) is 12.1 Å². The molecule has 0 spiro atoms. The minimum Gasteiger partial charge on any atom is -0.454 e. The van der Waals surface area contributed by atoms with E-state index >= 15 is 0 Å². The van der Waals surface area contributed by atoms with Crippen LogP contribution in [-0.2, 0) is 6.54 Å². The largest absolute Gasteiger partial charge is 0.454 e. The van der Waals surface area contributed by atoms with Crippen molar-refractivity contribution in [3.05, 3.63) is 75.7 Å². The molecule has 6 heteroatoms. The topological polar surface area (TPSA) is 56.3 Å². The van der Waals surface area contributed by atoms with Gasteiger partial charge < -0.3 is 14.8 Å². The first-order chi connectivity index (χ1) is 14.0. The van der Waals surface area contributed by atoms with Crippen molar-refractivity contribution in [2.24, 2.45) is 0 Å². The smallest absolute Gasteiger partial charge is 0.231 e. The summed E-state index contributed by atoms with van der Waals surface area (Å²) in [5, 5.41) is 4.16. The van der Waals surface area contributed by atoms with Gasteiger partial charge in [-0.15, -0.1) is 0 Å². The van der Waals surface area contributed by atoms with Crippen LogP contribution in [-0.4, -0.2) is 16.8 Å². The second kappa shape index (κ2) is 8.13. The van der Waals surface area contributed by atoms with Gasteiger partial charge in [-0.2, -0.15) is 0 Å². The number of allylic oxidation sites excluding steroid dienone is 1. The Hall–Kier alpha value is -3.05. The maximum Gasteiger partial charge on any atom is 0.231 e. The number of aryl methyl sites for hydroxylation is 1. The normalized spacial score (nSPS) is 12.9. The summed E-state index contributed by atoms with van der Waals surface area (Å²) in [5.41, 5.74) is 6.20. The molecule has 1 aliphatic rings. The van der Waals surface area contributed by atoms with Gasteiger partial charge >= 0.3 is 0 Å². The molecule has 0 bridgehead atoms. The number of nitrogens with one attached hydrogen (secondary N) is 1. The molecular weight excluding hydrogens is 386 g/mol. The molecule has 1 aromatic heterocycles. The summed E-state index contributed by atoms with van der Waals surface area (Å²) in [7, 11) is 0. The van der Waals surface area contributed by atoms with Gasteiger partial charge in [0.2, 0.25) is 6.79 Å². The fourth-order valence-electron chi connectivity index (χ4n) is 3.15. The Morgan fingerprint density at radius 3 is 2.76 bits per heavy atom. The summed E-state index contributed by atoms with van der Waals surface area (Å²) < 4.78 is 10.8. The summed E-state index contributed by atoms with van der Waals surface area (Å²) in [6.45, 7) is 6.98. The number of ether oxygens (including phenoxy) is 2. The molecule has 29 heavy (non-hydrogen) atoms. The van der Waals surface area contributed by atoms with Gasteiger partial charge in [-0.1, -0.05) is 29.8 Å². The number of rotatable bonds is 5. The van der Waals surface area contributed by atoms with Gasteiger partial charge in [0.1, 0.15) is 12.1 Å². The van der Waals surface area contributed by atoms with Crippen molar-refractivity contribution in [1.29, 1.82) is 0 Å². The van der Waals surface area contributed by atoms with Crippen LogP contribution in [0.3, 0.4) is 0 Å². The molecular formula is C23H22ClN3O2. The van der Waals surface area contributed by atoms with E-state index in [1.165, 1.54) is 0 Å². The first kappa shape index (κ1) is 19.3. The highest BCUT2D eigenvalue weighted by Gasteiger charge is 2.13. The van der Waals surface area contributed by atoms with E-state index in [1.807, 2.05) is 44.2 Å². The lowest BCUT2D eigenvalue weighted by Crippen LogP contribution is -2.05. The van der Waals surface area contributed by atoms with Crippen molar-refractivity contribution < 1.29 is 9.47 Å². The third-order valence-electron chi connectivity index (χ3n) is 5.00. The molecule has 0 saturated carbocycles. The number of benzene rings is 2. The van der Waals surface area contributed by atoms with Gasteiger partial charge in [0, 0.05) is 17.1 Å². The van der Waals surface area contributed by atoms with Crippen LogP contribution in [0.5, 0.6) is 11.5 Å². The standard InChI is InChI=1S/C23H22ClN3O2/c1-14-4-6-18(10-19(14)24)15(2)8-20-16(3)23(27-12-26-20)25-11-17-5-7-21-22(9-17)29-13-28-21/h4-10,12H,11,13H2,1-3H3,(H,25,26,27)/b15-8+. The van der Waals surface area contributed by atoms with Crippen LogP contribution < -0.4 is 14.8 Å². The van der Waals surface area contributed by atoms with Gasteiger partial charge in [-0.3, -0.25) is 0 Å². The average Bonchev–Trinajstić information content (AvgIpc) is 3.18. The number of anilines is 1. The fourth-order valence-corrected chi connectivity index (χ4v) is 3.33. The minimum absolute atomic E-state index is 0.276. The fraction of sp³-hybridized carbons (Fsp3) is 0.217. The van der Waals surface area contributed by atoms with Crippen LogP contribution in [0.2, 0.25) is 5.02 Å². The van der Waals surface area contributed by atoms with Crippen molar-refractivity contribution in [3.8, 4) is 11.5 Å². The lowest BCUT2D eigenvalue weighted by atomic mass is 10.0. The summed E-state index contributed by atoms with van der Waals surface area (Å²) in [6, 6.07) is 12.0. The summed E-state index contributed by atoms with van der Waals surface area (Å²) in [5.74, 6) is 2.37.